The molecule has 0 aliphatic heterocycles. The Morgan fingerprint density at radius 2 is 1.95 bits per heavy atom. The van der Waals surface area contributed by atoms with E-state index in [2.05, 4.69) is 0 Å². The molecular formula is C16H17NO4S. The van der Waals surface area contributed by atoms with Crippen molar-refractivity contribution in [1.82, 2.24) is 4.90 Å². The smallest absolute Gasteiger partial charge is 0.338 e. The van der Waals surface area contributed by atoms with Gasteiger partial charge in [-0.1, -0.05) is 18.2 Å². The number of rotatable bonds is 6. The minimum absolute atomic E-state index is 0.0820. The topological polar surface area (TPSA) is 66.8 Å². The van der Waals surface area contributed by atoms with Crippen molar-refractivity contribution < 1.29 is 19.4 Å². The summed E-state index contributed by atoms with van der Waals surface area (Å²) in [5.41, 5.74) is 1.06. The van der Waals surface area contributed by atoms with Crippen LogP contribution in [-0.2, 0) is 22.7 Å². The Hall–Kier alpha value is -2.18. The molecule has 0 unspecified atom stereocenters. The standard InChI is InChI=1S/C16H17NO4S/c1-17(9-14-3-2-8-22-14)15(19)11-21-16(20)13-6-4-12(10-18)5-7-13/h2-8,18H,9-11H2,1H3. The van der Waals surface area contributed by atoms with Crippen molar-refractivity contribution in [2.24, 2.45) is 0 Å². The highest BCUT2D eigenvalue weighted by molar-refractivity contribution is 7.09. The molecular weight excluding hydrogens is 302 g/mol. The van der Waals surface area contributed by atoms with E-state index >= 15 is 0 Å². The zero-order valence-corrected chi connectivity index (χ0v) is 13.0. The Bertz CT molecular complexity index is 622. The van der Waals surface area contributed by atoms with Gasteiger partial charge in [0.05, 0.1) is 18.7 Å². The molecule has 0 saturated heterocycles. The van der Waals surface area contributed by atoms with Crippen LogP contribution in [0, 0.1) is 0 Å². The van der Waals surface area contributed by atoms with E-state index in [1.54, 1.807) is 42.6 Å². The Morgan fingerprint density at radius 3 is 2.55 bits per heavy atom. The number of aliphatic hydroxyl groups excluding tert-OH is 1. The number of carbonyl (C=O) groups excluding carboxylic acids is 2. The first-order valence-electron chi connectivity index (χ1n) is 6.73. The summed E-state index contributed by atoms with van der Waals surface area (Å²) < 4.78 is 5.01. The van der Waals surface area contributed by atoms with Crippen molar-refractivity contribution >= 4 is 23.2 Å². The van der Waals surface area contributed by atoms with E-state index in [9.17, 15) is 9.59 Å². The number of benzene rings is 1. The van der Waals surface area contributed by atoms with Gasteiger partial charge in [-0.2, -0.15) is 0 Å². The summed E-state index contributed by atoms with van der Waals surface area (Å²) in [4.78, 5) is 26.4. The van der Waals surface area contributed by atoms with Crippen LogP contribution in [0.4, 0.5) is 0 Å². The molecule has 0 fully saturated rings. The van der Waals surface area contributed by atoms with Gasteiger partial charge < -0.3 is 14.7 Å². The van der Waals surface area contributed by atoms with E-state index in [-0.39, 0.29) is 19.1 Å². The SMILES string of the molecule is CN(Cc1cccs1)C(=O)COC(=O)c1ccc(CO)cc1. The predicted octanol–water partition coefficient (Wildman–Crippen LogP) is 2.06. The molecule has 0 radical (unpaired) electrons. The molecule has 2 aromatic rings. The molecule has 22 heavy (non-hydrogen) atoms. The highest BCUT2D eigenvalue weighted by Gasteiger charge is 2.14. The van der Waals surface area contributed by atoms with Gasteiger partial charge in [-0.25, -0.2) is 4.79 Å². The molecule has 1 aromatic heterocycles. The molecule has 0 bridgehead atoms. The van der Waals surface area contributed by atoms with Gasteiger partial charge >= 0.3 is 5.97 Å². The van der Waals surface area contributed by atoms with Crippen LogP contribution in [0.2, 0.25) is 0 Å². The zero-order valence-electron chi connectivity index (χ0n) is 12.2. The van der Waals surface area contributed by atoms with Crippen molar-refractivity contribution in [3.05, 3.63) is 57.8 Å². The fraction of sp³-hybridized carbons (Fsp3) is 0.250. The number of esters is 1. The number of hydrogen-bond donors (Lipinski definition) is 1. The molecule has 5 nitrogen and oxygen atoms in total. The fourth-order valence-electron chi connectivity index (χ4n) is 1.79. The van der Waals surface area contributed by atoms with Crippen molar-refractivity contribution in [3.63, 3.8) is 0 Å². The number of nitrogens with zero attached hydrogens (tertiary/aromatic N) is 1. The second-order valence-electron chi connectivity index (χ2n) is 4.76. The van der Waals surface area contributed by atoms with Crippen LogP contribution < -0.4 is 0 Å². The third kappa shape index (κ3) is 4.41. The van der Waals surface area contributed by atoms with Crippen LogP contribution in [-0.4, -0.2) is 35.5 Å². The normalized spacial score (nSPS) is 10.3. The number of amides is 1. The summed E-state index contributed by atoms with van der Waals surface area (Å²) in [6.07, 6.45) is 0. The number of aliphatic hydroxyl groups is 1. The van der Waals surface area contributed by atoms with E-state index in [0.29, 0.717) is 17.7 Å². The number of carbonyl (C=O) groups is 2. The maximum atomic E-state index is 11.9. The first-order chi connectivity index (χ1) is 10.6. The molecule has 2 rings (SSSR count). The number of thiophene rings is 1. The van der Waals surface area contributed by atoms with Crippen molar-refractivity contribution in [2.45, 2.75) is 13.2 Å². The second kappa shape index (κ2) is 7.72. The number of likely N-dealkylation sites (N-methyl/N-ethyl adjacent to an activating group) is 1. The molecule has 6 heteroatoms. The summed E-state index contributed by atoms with van der Waals surface area (Å²) in [5.74, 6) is -0.809. The second-order valence-corrected chi connectivity index (χ2v) is 5.79. The molecule has 0 aliphatic carbocycles. The van der Waals surface area contributed by atoms with E-state index < -0.39 is 5.97 Å². The summed E-state index contributed by atoms with van der Waals surface area (Å²) in [5, 5.41) is 10.9. The zero-order chi connectivity index (χ0) is 15.9. The maximum absolute atomic E-state index is 11.9. The third-order valence-electron chi connectivity index (χ3n) is 3.10. The van der Waals surface area contributed by atoms with Crippen LogP contribution in [0.5, 0.6) is 0 Å². The van der Waals surface area contributed by atoms with E-state index in [4.69, 9.17) is 9.84 Å². The Kier molecular flexibility index (Phi) is 5.68. The lowest BCUT2D eigenvalue weighted by atomic mass is 10.1. The molecule has 116 valence electrons. The molecule has 1 aromatic carbocycles. The summed E-state index contributed by atoms with van der Waals surface area (Å²) >= 11 is 1.57. The number of ether oxygens (including phenoxy) is 1. The van der Waals surface area contributed by atoms with Crippen LogP contribution >= 0.6 is 11.3 Å². The molecule has 1 amide bonds. The Labute approximate surface area is 132 Å². The van der Waals surface area contributed by atoms with E-state index in [1.165, 1.54) is 4.90 Å². The van der Waals surface area contributed by atoms with Gasteiger partial charge in [0.25, 0.3) is 5.91 Å². The molecule has 1 N–H and O–H groups in total. The summed E-state index contributed by atoms with van der Waals surface area (Å²) in [7, 11) is 1.67. The van der Waals surface area contributed by atoms with Gasteiger partial charge in [0, 0.05) is 11.9 Å². The van der Waals surface area contributed by atoms with Crippen LogP contribution in [0.15, 0.2) is 41.8 Å². The van der Waals surface area contributed by atoms with Gasteiger partial charge in [-0.3, -0.25) is 4.79 Å². The minimum Gasteiger partial charge on any atom is -0.452 e. The maximum Gasteiger partial charge on any atom is 0.338 e. The summed E-state index contributed by atoms with van der Waals surface area (Å²) in [6.45, 7) is 0.128. The van der Waals surface area contributed by atoms with Crippen LogP contribution in [0.3, 0.4) is 0 Å². The average Bonchev–Trinajstić information content (AvgIpc) is 3.05. The Balaban J connectivity index is 1.83. The van der Waals surface area contributed by atoms with Gasteiger partial charge in [0.15, 0.2) is 6.61 Å². The lowest BCUT2D eigenvalue weighted by Gasteiger charge is -2.16. The van der Waals surface area contributed by atoms with E-state index in [1.807, 2.05) is 17.5 Å². The van der Waals surface area contributed by atoms with Crippen molar-refractivity contribution in [3.8, 4) is 0 Å². The van der Waals surface area contributed by atoms with Gasteiger partial charge in [0.1, 0.15) is 0 Å². The quantitative estimate of drug-likeness (QED) is 0.828. The molecule has 0 aliphatic rings. The lowest BCUT2D eigenvalue weighted by molar-refractivity contribution is -0.133. The molecule has 0 atom stereocenters. The van der Waals surface area contributed by atoms with Crippen molar-refractivity contribution in [2.75, 3.05) is 13.7 Å². The highest BCUT2D eigenvalue weighted by Crippen LogP contribution is 2.11. The van der Waals surface area contributed by atoms with Gasteiger partial charge in [0.2, 0.25) is 0 Å². The Morgan fingerprint density at radius 1 is 1.23 bits per heavy atom. The largest absolute Gasteiger partial charge is 0.452 e. The first-order valence-corrected chi connectivity index (χ1v) is 7.61. The van der Waals surface area contributed by atoms with E-state index in [0.717, 1.165) is 4.88 Å². The first kappa shape index (κ1) is 16.2. The van der Waals surface area contributed by atoms with Gasteiger partial charge in [-0.05, 0) is 29.1 Å². The lowest BCUT2D eigenvalue weighted by Crippen LogP contribution is -2.30. The fourth-order valence-corrected chi connectivity index (χ4v) is 2.55. The average molecular weight is 319 g/mol. The summed E-state index contributed by atoms with van der Waals surface area (Å²) in [6, 6.07) is 10.3. The predicted molar refractivity (Wildman–Crippen MR) is 83.4 cm³/mol. The van der Waals surface area contributed by atoms with Crippen LogP contribution in [0.1, 0.15) is 20.8 Å². The molecule has 0 spiro atoms. The molecule has 0 saturated carbocycles. The van der Waals surface area contributed by atoms with Crippen LogP contribution in [0.25, 0.3) is 0 Å². The third-order valence-corrected chi connectivity index (χ3v) is 3.96. The molecule has 1 heterocycles. The number of hydrogen-bond acceptors (Lipinski definition) is 5. The van der Waals surface area contributed by atoms with Gasteiger partial charge in [-0.15, -0.1) is 11.3 Å². The van der Waals surface area contributed by atoms with Crippen molar-refractivity contribution in [1.29, 1.82) is 0 Å². The minimum atomic E-state index is -0.553. The monoisotopic (exact) mass is 319 g/mol. The highest BCUT2D eigenvalue weighted by atomic mass is 32.1.